The van der Waals surface area contributed by atoms with Gasteiger partial charge in [-0.2, -0.15) is 4.98 Å². The minimum absolute atomic E-state index is 0.0510. The fourth-order valence-corrected chi connectivity index (χ4v) is 3.25. The van der Waals surface area contributed by atoms with Crippen LogP contribution in [0.5, 0.6) is 0 Å². The van der Waals surface area contributed by atoms with E-state index in [0.29, 0.717) is 11.7 Å². The molecule has 0 saturated heterocycles. The number of nitrogens with zero attached hydrogens (tertiary/aromatic N) is 4. The fraction of sp³-hybridized carbons (Fsp3) is 0.278. The van der Waals surface area contributed by atoms with Gasteiger partial charge in [-0.3, -0.25) is 9.88 Å². The van der Waals surface area contributed by atoms with Crippen molar-refractivity contribution in [2.45, 2.75) is 25.9 Å². The second kappa shape index (κ2) is 6.34. The van der Waals surface area contributed by atoms with Gasteiger partial charge < -0.3 is 4.52 Å². The van der Waals surface area contributed by atoms with E-state index >= 15 is 0 Å². The molecule has 24 heavy (non-hydrogen) atoms. The van der Waals surface area contributed by atoms with Crippen molar-refractivity contribution in [2.75, 3.05) is 6.54 Å². The van der Waals surface area contributed by atoms with E-state index in [1.165, 1.54) is 11.1 Å². The van der Waals surface area contributed by atoms with Crippen LogP contribution in [0.2, 0.25) is 5.02 Å². The first-order chi connectivity index (χ1) is 11.7. The maximum absolute atomic E-state index is 6.13. The van der Waals surface area contributed by atoms with Gasteiger partial charge in [0.15, 0.2) is 0 Å². The summed E-state index contributed by atoms with van der Waals surface area (Å²) in [6, 6.07) is 9.95. The number of hydrogen-bond acceptors (Lipinski definition) is 5. The maximum Gasteiger partial charge on any atom is 0.244 e. The molecular weight excluding hydrogens is 324 g/mol. The lowest BCUT2D eigenvalue weighted by Crippen LogP contribution is -2.33. The Morgan fingerprint density at radius 1 is 1.25 bits per heavy atom. The molecule has 1 unspecified atom stereocenters. The largest absolute Gasteiger partial charge is 0.337 e. The Balaban J connectivity index is 1.54. The first kappa shape index (κ1) is 15.3. The lowest BCUT2D eigenvalue weighted by atomic mass is 9.99. The molecule has 5 nitrogen and oxygen atoms in total. The third kappa shape index (κ3) is 2.92. The molecule has 0 radical (unpaired) electrons. The van der Waals surface area contributed by atoms with Gasteiger partial charge in [0.1, 0.15) is 0 Å². The molecule has 0 saturated carbocycles. The number of hydrogen-bond donors (Lipinski definition) is 0. The van der Waals surface area contributed by atoms with Gasteiger partial charge in [-0.15, -0.1) is 0 Å². The maximum atomic E-state index is 6.13. The van der Waals surface area contributed by atoms with E-state index < -0.39 is 0 Å². The summed E-state index contributed by atoms with van der Waals surface area (Å²) < 4.78 is 5.49. The van der Waals surface area contributed by atoms with Crippen LogP contribution in [0.15, 0.2) is 47.2 Å². The predicted octanol–water partition coefficient (Wildman–Crippen LogP) is 3.90. The van der Waals surface area contributed by atoms with Crippen LogP contribution in [0.3, 0.4) is 0 Å². The van der Waals surface area contributed by atoms with E-state index in [4.69, 9.17) is 16.1 Å². The number of aromatic nitrogens is 3. The van der Waals surface area contributed by atoms with Gasteiger partial charge in [0, 0.05) is 36.1 Å². The summed E-state index contributed by atoms with van der Waals surface area (Å²) in [7, 11) is 0. The number of fused-ring (bicyclic) bond motifs is 1. The standard InChI is InChI=1S/C18H17ClN4O/c1-12(18-21-17(22-24-18)14-3-2-7-20-10-14)23-8-6-13-4-5-16(19)9-15(13)11-23/h2-5,7,9-10,12H,6,8,11H2,1H3. The molecule has 122 valence electrons. The average Bonchev–Trinajstić information content (AvgIpc) is 3.11. The van der Waals surface area contributed by atoms with Gasteiger partial charge in [-0.25, -0.2) is 0 Å². The molecule has 1 atom stereocenters. The van der Waals surface area contributed by atoms with Crippen molar-refractivity contribution in [2.24, 2.45) is 0 Å². The van der Waals surface area contributed by atoms with Crippen molar-refractivity contribution in [3.05, 3.63) is 64.8 Å². The predicted molar refractivity (Wildman–Crippen MR) is 91.5 cm³/mol. The molecular formula is C18H17ClN4O. The molecule has 0 amide bonds. The van der Waals surface area contributed by atoms with Crippen LogP contribution in [0.25, 0.3) is 11.4 Å². The Morgan fingerprint density at radius 2 is 2.17 bits per heavy atom. The molecule has 4 rings (SSSR count). The minimum Gasteiger partial charge on any atom is -0.337 e. The van der Waals surface area contributed by atoms with Crippen LogP contribution in [0.1, 0.15) is 30.0 Å². The molecule has 1 aliphatic heterocycles. The summed E-state index contributed by atoms with van der Waals surface area (Å²) >= 11 is 6.13. The molecule has 1 aromatic carbocycles. The van der Waals surface area contributed by atoms with Crippen molar-refractivity contribution in [1.29, 1.82) is 0 Å². The topological polar surface area (TPSA) is 55.1 Å². The van der Waals surface area contributed by atoms with Gasteiger partial charge in [0.2, 0.25) is 11.7 Å². The van der Waals surface area contributed by atoms with Crippen LogP contribution in [-0.2, 0) is 13.0 Å². The SMILES string of the molecule is CC(c1nc(-c2cccnc2)no1)N1CCc2ccc(Cl)cc2C1. The van der Waals surface area contributed by atoms with Crippen molar-refractivity contribution < 1.29 is 4.52 Å². The second-order valence-electron chi connectivity index (χ2n) is 6.01. The van der Waals surface area contributed by atoms with Crippen LogP contribution in [0.4, 0.5) is 0 Å². The van der Waals surface area contributed by atoms with Crippen molar-refractivity contribution in [3.63, 3.8) is 0 Å². The Labute approximate surface area is 145 Å². The monoisotopic (exact) mass is 340 g/mol. The van der Waals surface area contributed by atoms with E-state index in [0.717, 1.165) is 30.1 Å². The number of rotatable bonds is 3. The summed E-state index contributed by atoms with van der Waals surface area (Å²) in [6.07, 6.45) is 4.46. The Kier molecular flexibility index (Phi) is 4.04. The Morgan fingerprint density at radius 3 is 3.00 bits per heavy atom. The highest BCUT2D eigenvalue weighted by Crippen LogP contribution is 2.29. The molecule has 0 bridgehead atoms. The van der Waals surface area contributed by atoms with Crippen molar-refractivity contribution >= 4 is 11.6 Å². The Bertz CT molecular complexity index is 849. The molecule has 0 N–H and O–H groups in total. The zero-order valence-corrected chi connectivity index (χ0v) is 14.1. The lowest BCUT2D eigenvalue weighted by Gasteiger charge is -2.31. The number of benzene rings is 1. The van der Waals surface area contributed by atoms with Gasteiger partial charge in [0.25, 0.3) is 0 Å². The first-order valence-electron chi connectivity index (χ1n) is 7.96. The normalized spacial score (nSPS) is 15.9. The quantitative estimate of drug-likeness (QED) is 0.723. The molecule has 0 fully saturated rings. The van der Waals surface area contributed by atoms with Crippen LogP contribution >= 0.6 is 11.6 Å². The molecule has 3 heterocycles. The van der Waals surface area contributed by atoms with Gasteiger partial charge in [-0.05, 0) is 48.7 Å². The molecule has 3 aromatic rings. The van der Waals surface area contributed by atoms with E-state index in [1.807, 2.05) is 24.3 Å². The summed E-state index contributed by atoms with van der Waals surface area (Å²) in [5.41, 5.74) is 3.49. The average molecular weight is 341 g/mol. The highest BCUT2D eigenvalue weighted by Gasteiger charge is 2.25. The lowest BCUT2D eigenvalue weighted by molar-refractivity contribution is 0.158. The van der Waals surface area contributed by atoms with Gasteiger partial charge in [0.05, 0.1) is 6.04 Å². The van der Waals surface area contributed by atoms with E-state index in [1.54, 1.807) is 12.4 Å². The zero-order chi connectivity index (χ0) is 16.5. The summed E-state index contributed by atoms with van der Waals surface area (Å²) in [5.74, 6) is 1.20. The van der Waals surface area contributed by atoms with Crippen molar-refractivity contribution in [3.8, 4) is 11.4 Å². The van der Waals surface area contributed by atoms with E-state index in [2.05, 4.69) is 33.0 Å². The summed E-state index contributed by atoms with van der Waals surface area (Å²) in [5, 5.41) is 4.86. The minimum atomic E-state index is 0.0510. The highest BCUT2D eigenvalue weighted by atomic mass is 35.5. The van der Waals surface area contributed by atoms with E-state index in [9.17, 15) is 0 Å². The molecule has 1 aliphatic rings. The number of halogens is 1. The van der Waals surface area contributed by atoms with Gasteiger partial charge in [-0.1, -0.05) is 22.8 Å². The van der Waals surface area contributed by atoms with Crippen molar-refractivity contribution in [1.82, 2.24) is 20.0 Å². The van der Waals surface area contributed by atoms with Crippen LogP contribution in [0, 0.1) is 0 Å². The highest BCUT2D eigenvalue weighted by molar-refractivity contribution is 6.30. The van der Waals surface area contributed by atoms with E-state index in [-0.39, 0.29) is 6.04 Å². The molecule has 0 aliphatic carbocycles. The molecule has 0 spiro atoms. The van der Waals surface area contributed by atoms with Gasteiger partial charge >= 0.3 is 0 Å². The third-order valence-corrected chi connectivity index (χ3v) is 4.71. The zero-order valence-electron chi connectivity index (χ0n) is 13.3. The Hall–Kier alpha value is -2.24. The smallest absolute Gasteiger partial charge is 0.244 e. The van der Waals surface area contributed by atoms with Crippen LogP contribution < -0.4 is 0 Å². The third-order valence-electron chi connectivity index (χ3n) is 4.48. The first-order valence-corrected chi connectivity index (χ1v) is 8.34. The molecule has 2 aromatic heterocycles. The summed E-state index contributed by atoms with van der Waals surface area (Å²) in [6.45, 7) is 3.89. The number of pyridine rings is 1. The van der Waals surface area contributed by atoms with Crippen LogP contribution in [-0.4, -0.2) is 26.6 Å². The molecule has 6 heteroatoms. The summed E-state index contributed by atoms with van der Waals surface area (Å²) in [4.78, 5) is 11.0. The second-order valence-corrected chi connectivity index (χ2v) is 6.44. The fourth-order valence-electron chi connectivity index (χ4n) is 3.05.